The number of nitrogens with one attached hydrogen (secondary N) is 1. The fraction of sp³-hybridized carbons (Fsp3) is 0.333. The number of hydrogen-bond donors (Lipinski definition) is 1. The van der Waals surface area contributed by atoms with Gasteiger partial charge in [0.1, 0.15) is 11.6 Å². The van der Waals surface area contributed by atoms with Crippen LogP contribution in [-0.2, 0) is 6.42 Å². The second-order valence-corrected chi connectivity index (χ2v) is 5.65. The van der Waals surface area contributed by atoms with Crippen molar-refractivity contribution in [3.63, 3.8) is 0 Å². The molecule has 0 bridgehead atoms. The highest BCUT2D eigenvalue weighted by atomic mass is 19.1. The number of aryl methyl sites for hydroxylation is 1. The van der Waals surface area contributed by atoms with E-state index in [0.717, 1.165) is 23.3 Å². The zero-order chi connectivity index (χ0) is 14.8. The lowest BCUT2D eigenvalue weighted by Crippen LogP contribution is -2.34. The van der Waals surface area contributed by atoms with E-state index in [0.29, 0.717) is 12.5 Å². The smallest absolute Gasteiger partial charge is 0.123 e. The van der Waals surface area contributed by atoms with Crippen molar-refractivity contribution < 1.29 is 9.13 Å². The molecule has 110 valence electrons. The van der Waals surface area contributed by atoms with Gasteiger partial charge in [-0.05, 0) is 55.3 Å². The van der Waals surface area contributed by atoms with Crippen LogP contribution in [0.4, 0.5) is 4.39 Å². The minimum absolute atomic E-state index is 0.0917. The molecule has 0 radical (unpaired) electrons. The van der Waals surface area contributed by atoms with Crippen molar-refractivity contribution in [1.82, 2.24) is 5.32 Å². The summed E-state index contributed by atoms with van der Waals surface area (Å²) in [6, 6.07) is 13.2. The maximum Gasteiger partial charge on any atom is 0.123 e. The Kier molecular flexibility index (Phi) is 3.93. The minimum atomic E-state index is -0.187. The van der Waals surface area contributed by atoms with E-state index in [1.54, 1.807) is 6.07 Å². The Morgan fingerprint density at radius 3 is 2.86 bits per heavy atom. The van der Waals surface area contributed by atoms with Gasteiger partial charge in [0.2, 0.25) is 0 Å². The van der Waals surface area contributed by atoms with E-state index in [9.17, 15) is 4.39 Å². The first kappa shape index (κ1) is 14.1. The standard InChI is InChI=1S/C18H20FNO/c1-12-7-8-15(19)10-16(12)18(20-2)14-9-13-5-3-4-6-17(13)21-11-14/h3-8,10,14,18,20H,9,11H2,1-2H3. The molecule has 0 saturated heterocycles. The van der Waals surface area contributed by atoms with E-state index in [4.69, 9.17) is 4.74 Å². The van der Waals surface area contributed by atoms with Crippen molar-refractivity contribution in [2.24, 2.45) is 5.92 Å². The maximum atomic E-state index is 13.6. The van der Waals surface area contributed by atoms with Gasteiger partial charge in [0.15, 0.2) is 0 Å². The molecule has 0 aliphatic carbocycles. The van der Waals surface area contributed by atoms with Crippen LogP contribution in [0.15, 0.2) is 42.5 Å². The molecule has 1 N–H and O–H groups in total. The highest BCUT2D eigenvalue weighted by Gasteiger charge is 2.28. The van der Waals surface area contributed by atoms with Crippen molar-refractivity contribution >= 4 is 0 Å². The van der Waals surface area contributed by atoms with E-state index in [2.05, 4.69) is 11.4 Å². The minimum Gasteiger partial charge on any atom is -0.493 e. The lowest BCUT2D eigenvalue weighted by Gasteiger charge is -2.32. The number of halogens is 1. The molecule has 2 atom stereocenters. The SMILES string of the molecule is CNC(c1cc(F)ccc1C)C1COc2ccccc2C1. The number of hydrogen-bond acceptors (Lipinski definition) is 2. The van der Waals surface area contributed by atoms with Gasteiger partial charge in [-0.25, -0.2) is 4.39 Å². The zero-order valence-corrected chi connectivity index (χ0v) is 12.4. The van der Waals surface area contributed by atoms with Gasteiger partial charge >= 0.3 is 0 Å². The third-order valence-electron chi connectivity index (χ3n) is 4.27. The Bertz CT molecular complexity index is 641. The van der Waals surface area contributed by atoms with E-state index in [-0.39, 0.29) is 11.9 Å². The Hall–Kier alpha value is -1.87. The molecule has 2 aromatic rings. The van der Waals surface area contributed by atoms with Crippen LogP contribution in [0.25, 0.3) is 0 Å². The number of benzene rings is 2. The summed E-state index contributed by atoms with van der Waals surface area (Å²) < 4.78 is 19.5. The molecule has 0 fully saturated rings. The predicted octanol–water partition coefficient (Wildman–Crippen LogP) is 3.65. The molecule has 2 aromatic carbocycles. The van der Waals surface area contributed by atoms with Crippen molar-refractivity contribution in [3.05, 3.63) is 65.0 Å². The van der Waals surface area contributed by atoms with Crippen molar-refractivity contribution in [1.29, 1.82) is 0 Å². The summed E-state index contributed by atoms with van der Waals surface area (Å²) in [6.45, 7) is 2.68. The summed E-state index contributed by atoms with van der Waals surface area (Å²) in [6.07, 6.45) is 0.942. The fourth-order valence-electron chi connectivity index (χ4n) is 3.16. The Balaban J connectivity index is 1.90. The van der Waals surface area contributed by atoms with Gasteiger partial charge in [0.05, 0.1) is 6.61 Å². The summed E-state index contributed by atoms with van der Waals surface area (Å²) in [4.78, 5) is 0. The van der Waals surface area contributed by atoms with Crippen molar-refractivity contribution in [2.75, 3.05) is 13.7 Å². The lowest BCUT2D eigenvalue weighted by atomic mass is 9.85. The molecule has 0 amide bonds. The molecule has 0 saturated carbocycles. The van der Waals surface area contributed by atoms with Gasteiger partial charge in [-0.1, -0.05) is 24.3 Å². The van der Waals surface area contributed by atoms with Gasteiger partial charge in [0, 0.05) is 12.0 Å². The predicted molar refractivity (Wildman–Crippen MR) is 82.1 cm³/mol. The monoisotopic (exact) mass is 285 g/mol. The molecule has 3 rings (SSSR count). The first-order valence-electron chi connectivity index (χ1n) is 7.33. The summed E-state index contributed by atoms with van der Waals surface area (Å²) in [5.41, 5.74) is 3.35. The molecular weight excluding hydrogens is 265 g/mol. The molecule has 1 aliphatic heterocycles. The second-order valence-electron chi connectivity index (χ2n) is 5.65. The van der Waals surface area contributed by atoms with Crippen LogP contribution in [0.2, 0.25) is 0 Å². The maximum absolute atomic E-state index is 13.6. The van der Waals surface area contributed by atoms with Crippen LogP contribution in [-0.4, -0.2) is 13.7 Å². The lowest BCUT2D eigenvalue weighted by molar-refractivity contribution is 0.188. The highest BCUT2D eigenvalue weighted by Crippen LogP contribution is 2.34. The number of rotatable bonds is 3. The van der Waals surface area contributed by atoms with E-state index >= 15 is 0 Å². The molecule has 2 nitrogen and oxygen atoms in total. The number of para-hydroxylation sites is 1. The first-order chi connectivity index (χ1) is 10.2. The Morgan fingerprint density at radius 2 is 2.05 bits per heavy atom. The van der Waals surface area contributed by atoms with Gasteiger partial charge < -0.3 is 10.1 Å². The molecule has 21 heavy (non-hydrogen) atoms. The summed E-state index contributed by atoms with van der Waals surface area (Å²) >= 11 is 0. The third kappa shape index (κ3) is 2.79. The number of fused-ring (bicyclic) bond motifs is 1. The van der Waals surface area contributed by atoms with Crippen LogP contribution in [0.3, 0.4) is 0 Å². The van der Waals surface area contributed by atoms with Crippen molar-refractivity contribution in [3.8, 4) is 5.75 Å². The third-order valence-corrected chi connectivity index (χ3v) is 4.27. The largest absolute Gasteiger partial charge is 0.493 e. The molecule has 1 aliphatic rings. The fourth-order valence-corrected chi connectivity index (χ4v) is 3.16. The molecular formula is C18H20FNO. The quantitative estimate of drug-likeness (QED) is 0.929. The van der Waals surface area contributed by atoms with Crippen LogP contribution in [0.5, 0.6) is 5.75 Å². The Morgan fingerprint density at radius 1 is 1.24 bits per heavy atom. The highest BCUT2D eigenvalue weighted by molar-refractivity contribution is 5.37. The molecule has 0 spiro atoms. The average molecular weight is 285 g/mol. The first-order valence-corrected chi connectivity index (χ1v) is 7.33. The summed E-state index contributed by atoms with van der Waals surface area (Å²) in [5, 5.41) is 3.34. The zero-order valence-electron chi connectivity index (χ0n) is 12.4. The van der Waals surface area contributed by atoms with E-state index in [1.807, 2.05) is 38.2 Å². The normalized spacial score (nSPS) is 18.7. The van der Waals surface area contributed by atoms with E-state index in [1.165, 1.54) is 11.6 Å². The van der Waals surface area contributed by atoms with Crippen LogP contribution in [0, 0.1) is 18.7 Å². The number of ether oxygens (including phenoxy) is 1. The molecule has 0 aromatic heterocycles. The van der Waals surface area contributed by atoms with Crippen LogP contribution >= 0.6 is 0 Å². The Labute approximate surface area is 125 Å². The topological polar surface area (TPSA) is 21.3 Å². The van der Waals surface area contributed by atoms with Gasteiger partial charge in [-0.3, -0.25) is 0 Å². The van der Waals surface area contributed by atoms with Gasteiger partial charge in [0.25, 0.3) is 0 Å². The van der Waals surface area contributed by atoms with Crippen LogP contribution in [0.1, 0.15) is 22.7 Å². The summed E-state index contributed by atoms with van der Waals surface area (Å²) in [5.74, 6) is 1.08. The van der Waals surface area contributed by atoms with Crippen LogP contribution < -0.4 is 10.1 Å². The molecule has 1 heterocycles. The molecule has 3 heteroatoms. The van der Waals surface area contributed by atoms with Gasteiger partial charge in [-0.15, -0.1) is 0 Å². The van der Waals surface area contributed by atoms with Crippen molar-refractivity contribution in [2.45, 2.75) is 19.4 Å². The van der Waals surface area contributed by atoms with Gasteiger partial charge in [-0.2, -0.15) is 0 Å². The average Bonchev–Trinajstić information content (AvgIpc) is 2.51. The second kappa shape index (κ2) is 5.86. The summed E-state index contributed by atoms with van der Waals surface area (Å²) in [7, 11) is 1.93. The molecule has 2 unspecified atom stereocenters. The van der Waals surface area contributed by atoms with E-state index < -0.39 is 0 Å².